The Morgan fingerprint density at radius 3 is 2.23 bits per heavy atom. The Balaban J connectivity index is 1.59. The first-order chi connectivity index (χ1) is 14.3. The minimum absolute atomic E-state index is 0.137. The molecule has 0 aromatic rings. The maximum Gasteiger partial charge on any atom is 0.0579 e. The lowest BCUT2D eigenvalue weighted by Gasteiger charge is -2.74. The third-order valence-corrected chi connectivity index (χ3v) is 13.3. The molecule has 5 fully saturated rings. The summed E-state index contributed by atoms with van der Waals surface area (Å²) in [6.45, 7) is 22.6. The third kappa shape index (κ3) is 2.71. The van der Waals surface area contributed by atoms with Crippen molar-refractivity contribution in [2.24, 2.45) is 56.7 Å². The van der Waals surface area contributed by atoms with E-state index >= 15 is 0 Å². The number of rotatable bonds is 0. The first-order valence-electron chi connectivity index (χ1n) is 13.7. The van der Waals surface area contributed by atoms with Gasteiger partial charge in [0.05, 0.1) is 6.10 Å². The van der Waals surface area contributed by atoms with Crippen LogP contribution in [0.2, 0.25) is 0 Å². The number of hydrogen-bond acceptors (Lipinski definition) is 1. The molecular formula is C30H50O. The highest BCUT2D eigenvalue weighted by molar-refractivity contribution is 5.22. The Kier molecular flexibility index (Phi) is 4.82. The van der Waals surface area contributed by atoms with Gasteiger partial charge >= 0.3 is 0 Å². The van der Waals surface area contributed by atoms with Crippen LogP contribution >= 0.6 is 0 Å². The molecule has 0 aromatic heterocycles. The molecule has 0 unspecified atom stereocenters. The van der Waals surface area contributed by atoms with Gasteiger partial charge in [0.1, 0.15) is 0 Å². The van der Waals surface area contributed by atoms with E-state index in [1.165, 1.54) is 63.4 Å². The molecule has 31 heavy (non-hydrogen) atoms. The molecule has 0 saturated heterocycles. The summed E-state index contributed by atoms with van der Waals surface area (Å²) in [6, 6.07) is 0. The van der Waals surface area contributed by atoms with Crippen LogP contribution in [-0.4, -0.2) is 11.2 Å². The van der Waals surface area contributed by atoms with Crippen molar-refractivity contribution >= 4 is 0 Å². The van der Waals surface area contributed by atoms with E-state index in [2.05, 4.69) is 55.0 Å². The number of aliphatic hydroxyl groups is 1. The molecule has 0 spiro atoms. The van der Waals surface area contributed by atoms with Crippen molar-refractivity contribution in [2.45, 2.75) is 119 Å². The number of aliphatic hydroxyl groups excluding tert-OH is 1. The van der Waals surface area contributed by atoms with Gasteiger partial charge in [0.2, 0.25) is 0 Å². The molecule has 5 aliphatic carbocycles. The van der Waals surface area contributed by atoms with Crippen LogP contribution in [0.15, 0.2) is 12.2 Å². The summed E-state index contributed by atoms with van der Waals surface area (Å²) in [5.41, 5.74) is 3.31. The minimum atomic E-state index is -0.137. The van der Waals surface area contributed by atoms with Crippen molar-refractivity contribution in [2.75, 3.05) is 0 Å². The van der Waals surface area contributed by atoms with Gasteiger partial charge in [-0.15, -0.1) is 0 Å². The fourth-order valence-corrected chi connectivity index (χ4v) is 11.4. The topological polar surface area (TPSA) is 20.2 Å². The van der Waals surface area contributed by atoms with E-state index in [0.29, 0.717) is 45.3 Å². The van der Waals surface area contributed by atoms with Gasteiger partial charge in [0.15, 0.2) is 0 Å². The van der Waals surface area contributed by atoms with Gasteiger partial charge in [-0.05, 0) is 114 Å². The molecule has 0 radical (unpaired) electrons. The van der Waals surface area contributed by atoms with Crippen molar-refractivity contribution in [3.8, 4) is 0 Å². The van der Waals surface area contributed by atoms with Gasteiger partial charge in [-0.1, -0.05) is 67.0 Å². The van der Waals surface area contributed by atoms with Gasteiger partial charge in [-0.2, -0.15) is 0 Å². The molecule has 1 nitrogen and oxygen atoms in total. The summed E-state index contributed by atoms with van der Waals surface area (Å²) in [7, 11) is 0. The highest BCUT2D eigenvalue weighted by Gasteiger charge is 2.70. The van der Waals surface area contributed by atoms with E-state index in [0.717, 1.165) is 12.3 Å². The number of fused-ring (bicyclic) bond motifs is 7. The molecular weight excluding hydrogens is 376 g/mol. The second-order valence-corrected chi connectivity index (χ2v) is 14.8. The predicted octanol–water partition coefficient (Wildman–Crippen LogP) is 8.02. The van der Waals surface area contributed by atoms with Crippen LogP contribution in [0.3, 0.4) is 0 Å². The molecule has 5 saturated carbocycles. The Morgan fingerprint density at radius 1 is 0.806 bits per heavy atom. The summed E-state index contributed by atoms with van der Waals surface area (Å²) in [5.74, 6) is 3.09. The number of hydrogen-bond donors (Lipinski definition) is 1. The Morgan fingerprint density at radius 2 is 1.52 bits per heavy atom. The van der Waals surface area contributed by atoms with Gasteiger partial charge < -0.3 is 5.11 Å². The molecule has 0 amide bonds. The average molecular weight is 427 g/mol. The van der Waals surface area contributed by atoms with E-state index in [-0.39, 0.29) is 11.5 Å². The van der Waals surface area contributed by atoms with Crippen LogP contribution in [0.5, 0.6) is 0 Å². The van der Waals surface area contributed by atoms with E-state index in [4.69, 9.17) is 0 Å². The first-order valence-corrected chi connectivity index (χ1v) is 13.7. The smallest absolute Gasteiger partial charge is 0.0579 e. The van der Waals surface area contributed by atoms with Crippen LogP contribution in [0, 0.1) is 56.7 Å². The fraction of sp³-hybridized carbons (Fsp3) is 0.933. The standard InChI is InChI=1S/C30H50O/c1-19-10-14-27(5)16-17-30(8)25(24(27)20(19)2)21(31)18-23-28(6)13-9-12-26(3,4)22(28)11-15-29(23,30)7/h20-25,31H,1,9-18H2,2-8H3/t20-,21+,22-,23+,24-,25-,27+,28-,29+,30+/m0/s1. The summed E-state index contributed by atoms with van der Waals surface area (Å²) < 4.78 is 0. The van der Waals surface area contributed by atoms with E-state index in [1.807, 2.05) is 0 Å². The van der Waals surface area contributed by atoms with Crippen LogP contribution in [0.4, 0.5) is 0 Å². The molecule has 176 valence electrons. The molecule has 0 aliphatic heterocycles. The molecule has 1 heteroatoms. The van der Waals surface area contributed by atoms with Gasteiger partial charge in [0.25, 0.3) is 0 Å². The van der Waals surface area contributed by atoms with Crippen molar-refractivity contribution in [1.29, 1.82) is 0 Å². The molecule has 5 rings (SSSR count). The van der Waals surface area contributed by atoms with E-state index in [1.54, 1.807) is 0 Å². The molecule has 0 heterocycles. The summed E-state index contributed by atoms with van der Waals surface area (Å²) >= 11 is 0. The largest absolute Gasteiger partial charge is 0.393 e. The van der Waals surface area contributed by atoms with E-state index in [9.17, 15) is 5.11 Å². The summed E-state index contributed by atoms with van der Waals surface area (Å²) in [4.78, 5) is 0. The molecule has 10 atom stereocenters. The van der Waals surface area contributed by atoms with Gasteiger partial charge in [-0.3, -0.25) is 0 Å². The Hall–Kier alpha value is -0.300. The van der Waals surface area contributed by atoms with Crippen molar-refractivity contribution in [3.63, 3.8) is 0 Å². The van der Waals surface area contributed by atoms with Crippen LogP contribution in [-0.2, 0) is 0 Å². The molecule has 0 bridgehead atoms. The van der Waals surface area contributed by atoms with Crippen LogP contribution < -0.4 is 0 Å². The normalized spacial score (nSPS) is 58.5. The zero-order valence-electron chi connectivity index (χ0n) is 21.7. The predicted molar refractivity (Wildman–Crippen MR) is 131 cm³/mol. The molecule has 1 N–H and O–H groups in total. The van der Waals surface area contributed by atoms with Crippen LogP contribution in [0.1, 0.15) is 113 Å². The first kappa shape index (κ1) is 22.5. The quantitative estimate of drug-likeness (QED) is 0.389. The maximum absolute atomic E-state index is 12.0. The lowest BCUT2D eigenvalue weighted by molar-refractivity contribution is -0.269. The lowest BCUT2D eigenvalue weighted by Crippen LogP contribution is -2.69. The zero-order valence-corrected chi connectivity index (χ0v) is 21.7. The Labute approximate surface area is 192 Å². The average Bonchev–Trinajstić information content (AvgIpc) is 2.67. The highest BCUT2D eigenvalue weighted by atomic mass is 16.3. The molecule has 0 aromatic carbocycles. The Bertz CT molecular complexity index is 766. The van der Waals surface area contributed by atoms with Crippen molar-refractivity contribution in [1.82, 2.24) is 0 Å². The summed E-state index contributed by atoms with van der Waals surface area (Å²) in [6.07, 6.45) is 13.0. The second-order valence-electron chi connectivity index (χ2n) is 14.8. The number of allylic oxidation sites excluding steroid dienone is 1. The summed E-state index contributed by atoms with van der Waals surface area (Å²) in [5, 5.41) is 12.0. The monoisotopic (exact) mass is 426 g/mol. The molecule has 5 aliphatic rings. The lowest BCUT2D eigenvalue weighted by atomic mass is 9.31. The fourth-order valence-electron chi connectivity index (χ4n) is 11.4. The third-order valence-electron chi connectivity index (χ3n) is 13.3. The van der Waals surface area contributed by atoms with Crippen molar-refractivity contribution in [3.05, 3.63) is 12.2 Å². The van der Waals surface area contributed by atoms with Crippen LogP contribution in [0.25, 0.3) is 0 Å². The van der Waals surface area contributed by atoms with Crippen molar-refractivity contribution < 1.29 is 5.11 Å². The van der Waals surface area contributed by atoms with Gasteiger partial charge in [0, 0.05) is 0 Å². The highest BCUT2D eigenvalue weighted by Crippen LogP contribution is 2.76. The van der Waals surface area contributed by atoms with Gasteiger partial charge in [-0.25, -0.2) is 0 Å². The second kappa shape index (κ2) is 6.64. The van der Waals surface area contributed by atoms with E-state index < -0.39 is 0 Å². The SMILES string of the molecule is C=C1CC[C@]2(C)CC[C@]3(C)[C@H]([C@@H]2[C@H]1C)[C@H](O)C[C@@H]1[C@@]2(C)CCCC(C)(C)[C@@H]2CC[C@]13C. The minimum Gasteiger partial charge on any atom is -0.393 e. The zero-order chi connectivity index (χ0) is 22.6. The maximum atomic E-state index is 12.0.